The average Bonchev–Trinajstić information content (AvgIpc) is 3.44. The van der Waals surface area contributed by atoms with Crippen molar-refractivity contribution in [3.8, 4) is 11.3 Å². The summed E-state index contributed by atoms with van der Waals surface area (Å²) in [6.07, 6.45) is 5.54. The molecule has 35 heavy (non-hydrogen) atoms. The maximum absolute atomic E-state index is 12.7. The molecule has 1 aliphatic carbocycles. The van der Waals surface area contributed by atoms with E-state index in [1.165, 1.54) is 30.3 Å². The standard InChI is InChI=1S/C26H32N6O2Si/c1-35(2,3)14-13-34-15-22-21-9-6-12-27-25(21)32(17-29-26(33)24-28-16-30-31-24)23(22)20-8-5-4-7-19(20)18-10-11-18/h4-9,12,16,18H,10-11,13-15,17H2,1-3H3,(H,29,33)(H,28,30,31). The molecule has 0 aliphatic heterocycles. The summed E-state index contributed by atoms with van der Waals surface area (Å²) in [7, 11) is -1.19. The zero-order valence-electron chi connectivity index (χ0n) is 20.5. The number of ether oxygens (including phenoxy) is 1. The van der Waals surface area contributed by atoms with Crippen LogP contribution in [-0.4, -0.2) is 45.3 Å². The zero-order chi connectivity index (χ0) is 24.4. The van der Waals surface area contributed by atoms with E-state index in [0.29, 0.717) is 12.5 Å². The van der Waals surface area contributed by atoms with Crippen molar-refractivity contribution in [1.29, 1.82) is 0 Å². The van der Waals surface area contributed by atoms with Crippen LogP contribution in [0.5, 0.6) is 0 Å². The highest BCUT2D eigenvalue weighted by Crippen LogP contribution is 2.46. The van der Waals surface area contributed by atoms with Crippen molar-refractivity contribution in [3.63, 3.8) is 0 Å². The maximum Gasteiger partial charge on any atom is 0.289 e. The minimum Gasteiger partial charge on any atom is -0.377 e. The van der Waals surface area contributed by atoms with Crippen molar-refractivity contribution in [2.45, 2.75) is 57.7 Å². The first-order valence-corrected chi connectivity index (χ1v) is 15.9. The van der Waals surface area contributed by atoms with Gasteiger partial charge in [0.1, 0.15) is 12.0 Å². The van der Waals surface area contributed by atoms with Crippen molar-refractivity contribution < 1.29 is 9.53 Å². The number of carbonyl (C=O) groups is 1. The van der Waals surface area contributed by atoms with Crippen LogP contribution >= 0.6 is 0 Å². The lowest BCUT2D eigenvalue weighted by molar-refractivity contribution is 0.0933. The van der Waals surface area contributed by atoms with Crippen molar-refractivity contribution in [3.05, 3.63) is 65.9 Å². The molecule has 4 aromatic rings. The summed E-state index contributed by atoms with van der Waals surface area (Å²) in [6.45, 7) is 8.59. The first-order valence-electron chi connectivity index (χ1n) is 12.2. The third kappa shape index (κ3) is 5.20. The molecule has 0 spiro atoms. The van der Waals surface area contributed by atoms with E-state index in [1.807, 2.05) is 6.07 Å². The number of hydrogen-bond donors (Lipinski definition) is 2. The van der Waals surface area contributed by atoms with Crippen LogP contribution in [0, 0.1) is 0 Å². The number of nitrogens with zero attached hydrogens (tertiary/aromatic N) is 4. The quantitative estimate of drug-likeness (QED) is 0.243. The highest BCUT2D eigenvalue weighted by atomic mass is 28.3. The molecule has 182 valence electrons. The van der Waals surface area contributed by atoms with Crippen molar-refractivity contribution in [2.75, 3.05) is 6.61 Å². The average molecular weight is 489 g/mol. The number of nitrogens with one attached hydrogen (secondary N) is 2. The Morgan fingerprint density at radius 1 is 1.17 bits per heavy atom. The van der Waals surface area contributed by atoms with Crippen LogP contribution in [0.3, 0.4) is 0 Å². The molecule has 9 heteroatoms. The van der Waals surface area contributed by atoms with Crippen LogP contribution < -0.4 is 5.32 Å². The van der Waals surface area contributed by atoms with Crippen LogP contribution in [-0.2, 0) is 18.0 Å². The summed E-state index contributed by atoms with van der Waals surface area (Å²) >= 11 is 0. The Morgan fingerprint density at radius 2 is 2.00 bits per heavy atom. The summed E-state index contributed by atoms with van der Waals surface area (Å²) in [4.78, 5) is 21.3. The van der Waals surface area contributed by atoms with E-state index in [-0.39, 0.29) is 18.4 Å². The maximum atomic E-state index is 12.7. The van der Waals surface area contributed by atoms with E-state index in [0.717, 1.165) is 34.9 Å². The highest BCUT2D eigenvalue weighted by Gasteiger charge is 2.29. The van der Waals surface area contributed by atoms with Crippen LogP contribution in [0.15, 0.2) is 48.9 Å². The molecule has 0 saturated heterocycles. The van der Waals surface area contributed by atoms with Crippen molar-refractivity contribution >= 4 is 25.0 Å². The SMILES string of the molecule is C[Si](C)(C)CCOCc1c(-c2ccccc2C2CC2)n(CNC(=O)c2ncn[nH]2)c2ncccc12. The number of hydrogen-bond acceptors (Lipinski definition) is 5. The Kier molecular flexibility index (Phi) is 6.53. The van der Waals surface area contributed by atoms with Gasteiger partial charge >= 0.3 is 0 Å². The van der Waals surface area contributed by atoms with E-state index < -0.39 is 8.07 Å². The van der Waals surface area contributed by atoms with Gasteiger partial charge in [0.15, 0.2) is 0 Å². The van der Waals surface area contributed by atoms with Gasteiger partial charge in [0.25, 0.3) is 5.91 Å². The second-order valence-electron chi connectivity index (χ2n) is 10.4. The van der Waals surface area contributed by atoms with E-state index in [9.17, 15) is 4.79 Å². The fraction of sp³-hybridized carbons (Fsp3) is 0.385. The topological polar surface area (TPSA) is 97.7 Å². The van der Waals surface area contributed by atoms with Crippen molar-refractivity contribution in [1.82, 2.24) is 30.0 Å². The van der Waals surface area contributed by atoms with E-state index in [1.54, 1.807) is 6.20 Å². The molecule has 3 heterocycles. The van der Waals surface area contributed by atoms with Crippen LogP contribution in [0.25, 0.3) is 22.3 Å². The molecular weight excluding hydrogens is 456 g/mol. The minimum absolute atomic E-state index is 0.184. The Morgan fingerprint density at radius 3 is 2.74 bits per heavy atom. The molecule has 1 saturated carbocycles. The van der Waals surface area contributed by atoms with Gasteiger partial charge in [0.2, 0.25) is 5.82 Å². The van der Waals surface area contributed by atoms with Gasteiger partial charge in [-0.15, -0.1) is 0 Å². The third-order valence-corrected chi connectivity index (χ3v) is 8.13. The number of fused-ring (bicyclic) bond motifs is 1. The molecule has 1 amide bonds. The van der Waals surface area contributed by atoms with E-state index in [4.69, 9.17) is 9.72 Å². The molecule has 0 atom stereocenters. The second-order valence-corrected chi connectivity index (χ2v) is 16.0. The lowest BCUT2D eigenvalue weighted by atomic mass is 9.97. The van der Waals surface area contributed by atoms with E-state index >= 15 is 0 Å². The second kappa shape index (κ2) is 9.75. The zero-order valence-corrected chi connectivity index (χ0v) is 21.5. The Hall–Kier alpha value is -3.30. The minimum atomic E-state index is -1.19. The number of benzene rings is 1. The molecule has 0 bridgehead atoms. The molecule has 3 aromatic heterocycles. The van der Waals surface area contributed by atoms with Gasteiger partial charge in [0, 0.05) is 37.4 Å². The number of H-pyrrole nitrogens is 1. The van der Waals surface area contributed by atoms with Crippen molar-refractivity contribution in [2.24, 2.45) is 0 Å². The number of pyridine rings is 1. The van der Waals surface area contributed by atoms with Gasteiger partial charge < -0.3 is 14.6 Å². The first-order chi connectivity index (χ1) is 16.9. The van der Waals surface area contributed by atoms with Crippen LogP contribution in [0.1, 0.15) is 40.5 Å². The number of rotatable bonds is 10. The molecule has 8 nitrogen and oxygen atoms in total. The number of aromatic amines is 1. The van der Waals surface area contributed by atoms with E-state index in [2.05, 4.69) is 75.0 Å². The fourth-order valence-corrected chi connectivity index (χ4v) is 5.17. The molecular formula is C26H32N6O2Si. The normalized spacial score (nSPS) is 13.9. The van der Waals surface area contributed by atoms with Gasteiger partial charge in [-0.25, -0.2) is 9.97 Å². The molecule has 2 N–H and O–H groups in total. The summed E-state index contributed by atoms with van der Waals surface area (Å²) in [5.74, 6) is 0.453. The smallest absolute Gasteiger partial charge is 0.289 e. The summed E-state index contributed by atoms with van der Waals surface area (Å²) in [5, 5.41) is 10.4. The van der Waals surface area contributed by atoms with Gasteiger partial charge in [-0.05, 0) is 42.5 Å². The van der Waals surface area contributed by atoms with Gasteiger partial charge in [-0.3, -0.25) is 9.89 Å². The molecule has 1 aliphatic rings. The highest BCUT2D eigenvalue weighted by molar-refractivity contribution is 6.76. The van der Waals surface area contributed by atoms with Crippen LogP contribution in [0.4, 0.5) is 0 Å². The summed E-state index contributed by atoms with van der Waals surface area (Å²) in [5.41, 5.74) is 5.54. The fourth-order valence-electron chi connectivity index (χ4n) is 4.42. The number of aromatic nitrogens is 5. The lowest BCUT2D eigenvalue weighted by Crippen LogP contribution is -2.27. The molecule has 0 unspecified atom stereocenters. The van der Waals surface area contributed by atoms with Gasteiger partial charge in [-0.1, -0.05) is 43.9 Å². The van der Waals surface area contributed by atoms with Crippen LogP contribution in [0.2, 0.25) is 25.7 Å². The predicted octanol–water partition coefficient (Wildman–Crippen LogP) is 4.94. The Labute approximate surface area is 206 Å². The Balaban J connectivity index is 1.56. The molecule has 1 fully saturated rings. The monoisotopic (exact) mass is 488 g/mol. The Bertz CT molecular complexity index is 1320. The first kappa shape index (κ1) is 23.4. The van der Waals surface area contributed by atoms with Gasteiger partial charge in [-0.2, -0.15) is 5.10 Å². The lowest BCUT2D eigenvalue weighted by Gasteiger charge is -2.17. The number of amides is 1. The third-order valence-electron chi connectivity index (χ3n) is 6.43. The largest absolute Gasteiger partial charge is 0.377 e. The molecule has 1 aromatic carbocycles. The molecule has 5 rings (SSSR count). The molecule has 0 radical (unpaired) electrons. The predicted molar refractivity (Wildman–Crippen MR) is 139 cm³/mol. The number of carbonyl (C=O) groups excluding carboxylic acids is 1. The summed E-state index contributed by atoms with van der Waals surface area (Å²) in [6, 6.07) is 13.8. The summed E-state index contributed by atoms with van der Waals surface area (Å²) < 4.78 is 8.36. The van der Waals surface area contributed by atoms with Gasteiger partial charge in [0.05, 0.1) is 19.0 Å².